The Morgan fingerprint density at radius 2 is 1.77 bits per heavy atom. The Hall–Kier alpha value is -4.00. The number of hydrogen-bond donors (Lipinski definition) is 3. The van der Waals surface area contributed by atoms with E-state index in [1.54, 1.807) is 0 Å². The van der Waals surface area contributed by atoms with Gasteiger partial charge >= 0.3 is 6.18 Å². The summed E-state index contributed by atoms with van der Waals surface area (Å²) in [6.45, 7) is -0.771. The van der Waals surface area contributed by atoms with Crippen LogP contribution in [-0.2, 0) is 43.3 Å². The molecule has 0 saturated carbocycles. The lowest BCUT2D eigenvalue weighted by molar-refractivity contribution is -0.142. The molecule has 2 aromatic carbocycles. The van der Waals surface area contributed by atoms with Crippen molar-refractivity contribution in [1.29, 1.82) is 5.41 Å². The molecule has 212 valence electrons. The molecule has 1 aromatic heterocycles. The van der Waals surface area contributed by atoms with Crippen molar-refractivity contribution in [2.24, 2.45) is 5.73 Å². The lowest BCUT2D eigenvalue weighted by Crippen LogP contribution is -2.44. The molecule has 1 aliphatic carbocycles. The molecule has 4 rings (SSSR count). The molecule has 0 saturated heterocycles. The topological polar surface area (TPSA) is 114 Å². The van der Waals surface area contributed by atoms with Gasteiger partial charge in [-0.25, -0.2) is 13.2 Å². The van der Waals surface area contributed by atoms with E-state index < -0.39 is 59.2 Å². The number of Topliss-reactive ketones (excluding diaryl/α,β-unsaturated/α-hetero) is 1. The molecule has 0 radical (unpaired) electrons. The predicted octanol–water partition coefficient (Wildman–Crippen LogP) is 4.29. The molecule has 7 nitrogen and oxygen atoms in total. The van der Waals surface area contributed by atoms with Crippen LogP contribution < -0.4 is 11.1 Å². The number of nitrogens with two attached hydrogens (primary N) is 1. The zero-order chi connectivity index (χ0) is 29.2. The summed E-state index contributed by atoms with van der Waals surface area (Å²) in [5.41, 5.74) is 4.35. The van der Waals surface area contributed by atoms with Crippen molar-refractivity contribution in [2.75, 3.05) is 0 Å². The van der Waals surface area contributed by atoms with Crippen LogP contribution in [0.1, 0.15) is 51.3 Å². The number of aromatic nitrogens is 2. The monoisotopic (exact) mass is 565 g/mol. The second kappa shape index (κ2) is 11.6. The summed E-state index contributed by atoms with van der Waals surface area (Å²) in [6.07, 6.45) is -4.84. The molecule has 0 fully saturated rings. The van der Waals surface area contributed by atoms with Gasteiger partial charge in [0.25, 0.3) is 0 Å². The molecule has 1 unspecified atom stereocenters. The smallest absolute Gasteiger partial charge is 0.346 e. The predicted molar refractivity (Wildman–Crippen MR) is 132 cm³/mol. The van der Waals surface area contributed by atoms with E-state index in [0.717, 1.165) is 16.8 Å². The molecule has 0 spiro atoms. The Labute approximate surface area is 224 Å². The highest BCUT2D eigenvalue weighted by molar-refractivity contribution is 5.99. The largest absolute Gasteiger partial charge is 0.435 e. The van der Waals surface area contributed by atoms with Crippen molar-refractivity contribution in [2.45, 2.75) is 57.4 Å². The van der Waals surface area contributed by atoms with Crippen LogP contribution in [0.25, 0.3) is 0 Å². The molecule has 1 atom stereocenters. The van der Waals surface area contributed by atoms with Crippen LogP contribution in [0.2, 0.25) is 0 Å². The number of carbonyl (C=O) groups is 2. The van der Waals surface area contributed by atoms with Gasteiger partial charge in [0.05, 0.1) is 17.3 Å². The Morgan fingerprint density at radius 1 is 1.07 bits per heavy atom. The highest BCUT2D eigenvalue weighted by Crippen LogP contribution is 2.35. The van der Waals surface area contributed by atoms with E-state index in [4.69, 9.17) is 11.1 Å². The number of halogens is 6. The van der Waals surface area contributed by atoms with Gasteiger partial charge in [0.1, 0.15) is 24.0 Å². The van der Waals surface area contributed by atoms with Crippen LogP contribution in [0.15, 0.2) is 36.4 Å². The van der Waals surface area contributed by atoms with E-state index >= 15 is 0 Å². The molecular formula is C27H25F6N5O2. The molecule has 1 aliphatic rings. The van der Waals surface area contributed by atoms with Crippen LogP contribution in [0.4, 0.5) is 26.3 Å². The van der Waals surface area contributed by atoms with Crippen LogP contribution in [-0.4, -0.2) is 33.2 Å². The molecule has 3 aromatic rings. The zero-order valence-corrected chi connectivity index (χ0v) is 21.0. The zero-order valence-electron chi connectivity index (χ0n) is 21.0. The van der Waals surface area contributed by atoms with E-state index in [0.29, 0.717) is 18.1 Å². The highest BCUT2D eigenvalue weighted by atomic mass is 19.4. The highest BCUT2D eigenvalue weighted by Gasteiger charge is 2.42. The minimum atomic E-state index is -4.90. The molecule has 0 aliphatic heterocycles. The first-order valence-electron chi connectivity index (χ1n) is 12.3. The van der Waals surface area contributed by atoms with Gasteiger partial charge in [0, 0.05) is 36.7 Å². The van der Waals surface area contributed by atoms with Crippen molar-refractivity contribution in [3.63, 3.8) is 0 Å². The number of fused-ring (bicyclic) bond motifs is 1. The number of benzene rings is 2. The first kappa shape index (κ1) is 29.0. The minimum Gasteiger partial charge on any atom is -0.346 e. The maximum absolute atomic E-state index is 13.9. The number of amides is 1. The van der Waals surface area contributed by atoms with Gasteiger partial charge in [-0.1, -0.05) is 12.1 Å². The normalized spacial score (nSPS) is 14.1. The van der Waals surface area contributed by atoms with Gasteiger partial charge in [0.2, 0.25) is 5.91 Å². The van der Waals surface area contributed by atoms with Crippen molar-refractivity contribution in [1.82, 2.24) is 15.1 Å². The van der Waals surface area contributed by atoms with Crippen molar-refractivity contribution in [3.05, 3.63) is 87.5 Å². The Kier molecular flexibility index (Phi) is 8.43. The first-order valence-corrected chi connectivity index (χ1v) is 12.3. The fourth-order valence-electron chi connectivity index (χ4n) is 4.75. The molecular weight excluding hydrogens is 540 g/mol. The third kappa shape index (κ3) is 6.58. The number of hydrogen-bond acceptors (Lipinski definition) is 5. The van der Waals surface area contributed by atoms with E-state index in [1.165, 1.54) is 18.2 Å². The number of alkyl halides is 3. The SMILES string of the molecule is N=C(Cc1ccc(F)c(CN)c1)C(Cc1cc(F)cc(F)c1)NC(=O)Cn1nc(C(F)(F)F)c2c1CCCC2=O. The minimum absolute atomic E-state index is 0.00169. The number of nitrogens with zero attached hydrogens (tertiary/aromatic N) is 2. The van der Waals surface area contributed by atoms with Crippen molar-refractivity contribution < 1.29 is 35.9 Å². The standard InChI is InChI=1S/C27H25F6N5O2/c28-17-7-15(8-18(29)11-17)10-21(20(35)9-14-4-5-19(30)16(6-14)12-34)36-24(40)13-38-22-2-1-3-23(39)25(22)26(37-38)27(31,32)33/h4-8,11,21,35H,1-3,9-10,12-13,34H2,(H,36,40). The molecule has 4 N–H and O–H groups in total. The fraction of sp³-hybridized carbons (Fsp3) is 0.333. The summed E-state index contributed by atoms with van der Waals surface area (Å²) in [4.78, 5) is 25.3. The number of carbonyl (C=O) groups excluding carboxylic acids is 2. The molecule has 13 heteroatoms. The molecule has 40 heavy (non-hydrogen) atoms. The van der Waals surface area contributed by atoms with Gasteiger partial charge in [0.15, 0.2) is 11.5 Å². The van der Waals surface area contributed by atoms with Crippen molar-refractivity contribution >= 4 is 17.4 Å². The molecule has 1 amide bonds. The van der Waals surface area contributed by atoms with Gasteiger partial charge < -0.3 is 16.5 Å². The summed E-state index contributed by atoms with van der Waals surface area (Å²) >= 11 is 0. The Bertz CT molecular complexity index is 1450. The maximum Gasteiger partial charge on any atom is 0.435 e. The first-order chi connectivity index (χ1) is 18.8. The van der Waals surface area contributed by atoms with E-state index in [9.17, 15) is 35.9 Å². The third-order valence-electron chi connectivity index (χ3n) is 6.56. The van der Waals surface area contributed by atoms with E-state index in [1.807, 2.05) is 0 Å². The second-order valence-electron chi connectivity index (χ2n) is 9.54. The fourth-order valence-corrected chi connectivity index (χ4v) is 4.75. The quantitative estimate of drug-likeness (QED) is 0.265. The van der Waals surface area contributed by atoms with E-state index in [2.05, 4.69) is 10.4 Å². The molecule has 1 heterocycles. The third-order valence-corrected chi connectivity index (χ3v) is 6.56. The summed E-state index contributed by atoms with van der Waals surface area (Å²) in [5, 5.41) is 14.7. The van der Waals surface area contributed by atoms with Crippen LogP contribution >= 0.6 is 0 Å². The Balaban J connectivity index is 1.60. The van der Waals surface area contributed by atoms with Gasteiger partial charge in [-0.05, 0) is 48.6 Å². The summed E-state index contributed by atoms with van der Waals surface area (Å²) in [5.74, 6) is -3.80. The lowest BCUT2D eigenvalue weighted by Gasteiger charge is -2.21. The molecule has 0 bridgehead atoms. The number of rotatable bonds is 9. The van der Waals surface area contributed by atoms with Crippen molar-refractivity contribution in [3.8, 4) is 0 Å². The lowest BCUT2D eigenvalue weighted by atomic mass is 9.94. The Morgan fingerprint density at radius 3 is 2.42 bits per heavy atom. The summed E-state index contributed by atoms with van der Waals surface area (Å²) in [6, 6.07) is 5.66. The second-order valence-corrected chi connectivity index (χ2v) is 9.54. The van der Waals surface area contributed by atoms with Crippen LogP contribution in [0, 0.1) is 22.9 Å². The average molecular weight is 566 g/mol. The number of nitrogens with one attached hydrogen (secondary N) is 2. The van der Waals surface area contributed by atoms with Gasteiger partial charge in [-0.15, -0.1) is 0 Å². The average Bonchev–Trinajstić information content (AvgIpc) is 3.24. The van der Waals surface area contributed by atoms with E-state index in [-0.39, 0.29) is 54.8 Å². The number of ketones is 1. The maximum atomic E-state index is 13.9. The van der Waals surface area contributed by atoms with Crippen LogP contribution in [0.5, 0.6) is 0 Å². The van der Waals surface area contributed by atoms with Gasteiger partial charge in [-0.2, -0.15) is 18.3 Å². The summed E-state index contributed by atoms with van der Waals surface area (Å²) in [7, 11) is 0. The van der Waals surface area contributed by atoms with Crippen LogP contribution in [0.3, 0.4) is 0 Å². The summed E-state index contributed by atoms with van der Waals surface area (Å²) < 4.78 is 83.0. The van der Waals surface area contributed by atoms with Gasteiger partial charge in [-0.3, -0.25) is 14.3 Å².